The van der Waals surface area contributed by atoms with Crippen molar-refractivity contribution in [3.63, 3.8) is 0 Å². The van der Waals surface area contributed by atoms with E-state index in [0.29, 0.717) is 39.1 Å². The summed E-state index contributed by atoms with van der Waals surface area (Å²) in [5, 5.41) is 1.38. The van der Waals surface area contributed by atoms with Crippen LogP contribution in [0.15, 0.2) is 0 Å². The number of nitrogens with zero attached hydrogens (tertiary/aromatic N) is 3. The first-order valence-electron chi connectivity index (χ1n) is 11.5. The summed E-state index contributed by atoms with van der Waals surface area (Å²) in [7, 11) is 0. The summed E-state index contributed by atoms with van der Waals surface area (Å²) in [6.07, 6.45) is 2.28. The fraction of sp³-hybridized carbons (Fsp3) is 0.810. The van der Waals surface area contributed by atoms with Crippen LogP contribution in [0.4, 0.5) is 9.59 Å². The highest BCUT2D eigenvalue weighted by molar-refractivity contribution is 5.90. The van der Waals surface area contributed by atoms with Crippen molar-refractivity contribution in [3.8, 4) is 0 Å². The van der Waals surface area contributed by atoms with Gasteiger partial charge in [-0.2, -0.15) is 5.06 Å². The van der Waals surface area contributed by atoms with Crippen LogP contribution < -0.4 is 10.9 Å². The zero-order chi connectivity index (χ0) is 24.2. The van der Waals surface area contributed by atoms with E-state index in [1.807, 2.05) is 6.92 Å². The van der Waals surface area contributed by atoms with Crippen molar-refractivity contribution in [2.75, 3.05) is 32.8 Å². The normalized spacial score (nSPS) is 22.8. The highest BCUT2D eigenvalue weighted by Crippen LogP contribution is 2.30. The van der Waals surface area contributed by atoms with Crippen molar-refractivity contribution < 1.29 is 33.5 Å². The zero-order valence-electron chi connectivity index (χ0n) is 19.8. The van der Waals surface area contributed by atoms with Gasteiger partial charge in [-0.15, -0.1) is 0 Å². The number of amides is 5. The van der Waals surface area contributed by atoms with Crippen LogP contribution in [0.5, 0.6) is 0 Å². The van der Waals surface area contributed by atoms with Crippen molar-refractivity contribution in [3.05, 3.63) is 0 Å². The molecule has 2 N–H and O–H groups in total. The molecule has 3 saturated heterocycles. The lowest BCUT2D eigenvalue weighted by Gasteiger charge is -2.39. The number of ether oxygens (including phenoxy) is 2. The van der Waals surface area contributed by atoms with Gasteiger partial charge in [-0.3, -0.25) is 25.3 Å². The van der Waals surface area contributed by atoms with E-state index in [1.54, 1.807) is 20.8 Å². The average molecular weight is 470 g/mol. The molecule has 3 heterocycles. The smallest absolute Gasteiger partial charge is 0.410 e. The first kappa shape index (κ1) is 25.0. The summed E-state index contributed by atoms with van der Waals surface area (Å²) in [5.41, 5.74) is 4.13. The highest BCUT2D eigenvalue weighted by Gasteiger charge is 2.48. The molecule has 0 spiro atoms. The molecule has 12 nitrogen and oxygen atoms in total. The molecule has 2 bridgehead atoms. The Labute approximate surface area is 193 Å². The number of likely N-dealkylation sites (tertiary alicyclic amines) is 1. The van der Waals surface area contributed by atoms with E-state index < -0.39 is 29.6 Å². The van der Waals surface area contributed by atoms with Crippen LogP contribution in [0.3, 0.4) is 0 Å². The maximum absolute atomic E-state index is 12.6. The van der Waals surface area contributed by atoms with Gasteiger partial charge < -0.3 is 19.3 Å². The van der Waals surface area contributed by atoms with E-state index >= 15 is 0 Å². The molecule has 186 valence electrons. The van der Waals surface area contributed by atoms with Gasteiger partial charge in [-0.05, 0) is 40.0 Å². The number of urea groups is 1. The molecule has 0 saturated carbocycles. The van der Waals surface area contributed by atoms with Crippen molar-refractivity contribution in [1.29, 1.82) is 0 Å². The minimum absolute atomic E-state index is 0.0517. The Hall–Kier alpha value is -2.60. The molecule has 12 heteroatoms. The Kier molecular flexibility index (Phi) is 8.01. The van der Waals surface area contributed by atoms with Gasteiger partial charge in [0.2, 0.25) is 0 Å². The summed E-state index contributed by atoms with van der Waals surface area (Å²) in [6.45, 7) is 8.73. The number of nitrogens with one attached hydrogen (secondary N) is 2. The summed E-state index contributed by atoms with van der Waals surface area (Å²) >= 11 is 0. The van der Waals surface area contributed by atoms with Crippen LogP contribution in [-0.2, 0) is 23.9 Å². The maximum atomic E-state index is 12.6. The number of hydroxylamine groups is 2. The molecule has 33 heavy (non-hydrogen) atoms. The number of carbonyl (C=O) groups excluding carboxylic acids is 4. The number of rotatable bonds is 8. The zero-order valence-corrected chi connectivity index (χ0v) is 19.8. The third-order valence-corrected chi connectivity index (χ3v) is 5.63. The fourth-order valence-corrected chi connectivity index (χ4v) is 3.84. The first-order chi connectivity index (χ1) is 15.6. The number of hydrazine groups is 1. The van der Waals surface area contributed by atoms with E-state index in [2.05, 4.69) is 10.9 Å². The SMILES string of the molecule is CCCCON1C(=O)N2C[C@@H]1CC[C@H]2C(=O)NNC(=O)COC1CN(C(=O)OC(C)(C)C)C1. The Morgan fingerprint density at radius 3 is 2.48 bits per heavy atom. The minimum atomic E-state index is -0.663. The van der Waals surface area contributed by atoms with Crippen LogP contribution in [0.1, 0.15) is 53.4 Å². The lowest BCUT2D eigenvalue weighted by molar-refractivity contribution is -0.137. The molecule has 0 unspecified atom stereocenters. The number of carbonyl (C=O) groups is 4. The summed E-state index contributed by atoms with van der Waals surface area (Å²) in [4.78, 5) is 57.7. The van der Waals surface area contributed by atoms with Gasteiger partial charge in [0.15, 0.2) is 0 Å². The highest BCUT2D eigenvalue weighted by atomic mass is 16.7. The summed E-state index contributed by atoms with van der Waals surface area (Å²) < 4.78 is 10.7. The lowest BCUT2D eigenvalue weighted by atomic mass is 10.0. The van der Waals surface area contributed by atoms with E-state index in [9.17, 15) is 19.2 Å². The molecule has 0 aromatic heterocycles. The molecule has 0 radical (unpaired) electrons. The topological polar surface area (TPSA) is 130 Å². The second kappa shape index (κ2) is 10.6. The first-order valence-corrected chi connectivity index (χ1v) is 11.5. The van der Waals surface area contributed by atoms with Crippen LogP contribution in [-0.4, -0.2) is 95.4 Å². The monoisotopic (exact) mass is 469 g/mol. The molecule has 0 aromatic rings. The maximum Gasteiger partial charge on any atom is 0.410 e. The van der Waals surface area contributed by atoms with Gasteiger partial charge in [0, 0.05) is 6.54 Å². The van der Waals surface area contributed by atoms with Gasteiger partial charge in [-0.25, -0.2) is 9.59 Å². The molecule has 3 aliphatic heterocycles. The van der Waals surface area contributed by atoms with Crippen LogP contribution >= 0.6 is 0 Å². The van der Waals surface area contributed by atoms with Gasteiger partial charge in [0.1, 0.15) is 18.2 Å². The average Bonchev–Trinajstić information content (AvgIpc) is 2.94. The molecule has 2 atom stereocenters. The Balaban J connectivity index is 1.34. The molecule has 3 fully saturated rings. The van der Waals surface area contributed by atoms with Crippen molar-refractivity contribution in [2.24, 2.45) is 0 Å². The van der Waals surface area contributed by atoms with E-state index in [-0.39, 0.29) is 24.8 Å². The summed E-state index contributed by atoms with van der Waals surface area (Å²) in [6, 6.07) is -1.03. The largest absolute Gasteiger partial charge is 0.444 e. The Bertz CT molecular complexity index is 750. The number of hydrogen-bond acceptors (Lipinski definition) is 7. The van der Waals surface area contributed by atoms with E-state index in [4.69, 9.17) is 14.3 Å². The molecule has 0 aliphatic carbocycles. The minimum Gasteiger partial charge on any atom is -0.444 e. The molecule has 3 aliphatic rings. The van der Waals surface area contributed by atoms with Crippen LogP contribution in [0.25, 0.3) is 0 Å². The predicted octanol–water partition coefficient (Wildman–Crippen LogP) is 0.770. The van der Waals surface area contributed by atoms with Crippen molar-refractivity contribution >= 4 is 23.9 Å². The lowest BCUT2D eigenvalue weighted by Crippen LogP contribution is -2.57. The fourth-order valence-electron chi connectivity index (χ4n) is 3.84. The molecule has 3 rings (SSSR count). The third-order valence-electron chi connectivity index (χ3n) is 5.63. The molecule has 5 amide bonds. The third kappa shape index (κ3) is 6.47. The number of piperidine rings is 1. The second-order valence-corrected chi connectivity index (χ2v) is 9.55. The van der Waals surface area contributed by atoms with Gasteiger partial charge >= 0.3 is 12.1 Å². The standard InChI is InChI=1S/C21H35N5O7/c1-5-6-9-32-26-14-7-8-16(25(10-14)19(26)29)18(28)23-22-17(27)13-31-15-11-24(12-15)20(30)33-21(2,3)4/h14-16H,5-13H2,1-4H3,(H,22,27)(H,23,28)/t14-,16-/m0/s1. The van der Waals surface area contributed by atoms with Crippen LogP contribution in [0, 0.1) is 0 Å². The second-order valence-electron chi connectivity index (χ2n) is 9.55. The molecule has 0 aromatic carbocycles. The van der Waals surface area contributed by atoms with E-state index in [1.165, 1.54) is 14.9 Å². The van der Waals surface area contributed by atoms with E-state index in [0.717, 1.165) is 12.8 Å². The van der Waals surface area contributed by atoms with Gasteiger partial charge in [0.25, 0.3) is 11.8 Å². The quantitative estimate of drug-likeness (QED) is 0.397. The Morgan fingerprint density at radius 2 is 1.82 bits per heavy atom. The Morgan fingerprint density at radius 1 is 1.09 bits per heavy atom. The van der Waals surface area contributed by atoms with Crippen molar-refractivity contribution in [1.82, 2.24) is 25.7 Å². The predicted molar refractivity (Wildman–Crippen MR) is 115 cm³/mol. The summed E-state index contributed by atoms with van der Waals surface area (Å²) in [5.74, 6) is -0.977. The number of fused-ring (bicyclic) bond motifs is 2. The van der Waals surface area contributed by atoms with Gasteiger partial charge in [0.05, 0.1) is 31.8 Å². The molecular weight excluding hydrogens is 434 g/mol. The van der Waals surface area contributed by atoms with Crippen LogP contribution in [0.2, 0.25) is 0 Å². The number of hydrogen-bond donors (Lipinski definition) is 2. The number of unbranched alkanes of at least 4 members (excludes halogenated alkanes) is 1. The van der Waals surface area contributed by atoms with Gasteiger partial charge in [-0.1, -0.05) is 13.3 Å². The van der Waals surface area contributed by atoms with Crippen molar-refractivity contribution in [2.45, 2.75) is 77.2 Å². The molecular formula is C21H35N5O7.